The van der Waals surface area contributed by atoms with Gasteiger partial charge < -0.3 is 9.84 Å². The molecule has 2 aromatic carbocycles. The molecule has 0 atom stereocenters. The number of hydrogen-bond acceptors (Lipinski definition) is 3. The quantitative estimate of drug-likeness (QED) is 0.687. The standard InChI is InChI=1S/C16H14O4/c1-10-5-3-8-14(11(10)2)16(19)20-13-7-4-6-12(9-13)15(17)18/h3-9H,1-2H3,(H,17,18). The molecule has 0 saturated heterocycles. The van der Waals surface area contributed by atoms with E-state index in [4.69, 9.17) is 9.84 Å². The Balaban J connectivity index is 2.26. The number of carboxylic acid groups (broad SMARTS) is 1. The third-order valence-electron chi connectivity index (χ3n) is 3.12. The first-order chi connectivity index (χ1) is 9.49. The lowest BCUT2D eigenvalue weighted by molar-refractivity contribution is 0.0687. The zero-order valence-electron chi connectivity index (χ0n) is 11.2. The first kappa shape index (κ1) is 13.8. The van der Waals surface area contributed by atoms with Crippen molar-refractivity contribution in [3.8, 4) is 5.75 Å². The van der Waals surface area contributed by atoms with Gasteiger partial charge in [-0.05, 0) is 49.2 Å². The number of aryl methyl sites for hydroxylation is 1. The largest absolute Gasteiger partial charge is 0.478 e. The number of benzene rings is 2. The van der Waals surface area contributed by atoms with Crippen LogP contribution in [0.1, 0.15) is 31.8 Å². The van der Waals surface area contributed by atoms with E-state index in [9.17, 15) is 9.59 Å². The van der Waals surface area contributed by atoms with E-state index in [1.54, 1.807) is 18.2 Å². The zero-order chi connectivity index (χ0) is 14.7. The second-order valence-corrected chi connectivity index (χ2v) is 4.47. The number of aromatic carboxylic acids is 1. The van der Waals surface area contributed by atoms with Gasteiger partial charge in [-0.25, -0.2) is 9.59 Å². The summed E-state index contributed by atoms with van der Waals surface area (Å²) in [5.74, 6) is -1.33. The summed E-state index contributed by atoms with van der Waals surface area (Å²) in [6.07, 6.45) is 0. The Kier molecular flexibility index (Phi) is 3.84. The van der Waals surface area contributed by atoms with Gasteiger partial charge in [0.1, 0.15) is 5.75 Å². The van der Waals surface area contributed by atoms with Crippen molar-refractivity contribution in [1.82, 2.24) is 0 Å². The van der Waals surface area contributed by atoms with Crippen molar-refractivity contribution < 1.29 is 19.4 Å². The van der Waals surface area contributed by atoms with Crippen LogP contribution in [0.2, 0.25) is 0 Å². The van der Waals surface area contributed by atoms with Crippen LogP contribution < -0.4 is 4.74 Å². The van der Waals surface area contributed by atoms with Crippen LogP contribution >= 0.6 is 0 Å². The summed E-state index contributed by atoms with van der Waals surface area (Å²) in [7, 11) is 0. The van der Waals surface area contributed by atoms with Crippen molar-refractivity contribution in [2.24, 2.45) is 0 Å². The highest BCUT2D eigenvalue weighted by Gasteiger charge is 2.13. The molecule has 4 heteroatoms. The van der Waals surface area contributed by atoms with Gasteiger partial charge in [0, 0.05) is 0 Å². The number of carboxylic acids is 1. The third kappa shape index (κ3) is 2.85. The molecule has 1 N–H and O–H groups in total. The van der Waals surface area contributed by atoms with Crippen molar-refractivity contribution in [1.29, 1.82) is 0 Å². The predicted octanol–water partition coefficient (Wildman–Crippen LogP) is 3.22. The summed E-state index contributed by atoms with van der Waals surface area (Å²) in [6, 6.07) is 11.2. The molecule has 0 amide bonds. The fraction of sp³-hybridized carbons (Fsp3) is 0.125. The van der Waals surface area contributed by atoms with Crippen molar-refractivity contribution >= 4 is 11.9 Å². The molecule has 0 aliphatic rings. The smallest absolute Gasteiger partial charge is 0.343 e. The van der Waals surface area contributed by atoms with Gasteiger partial charge in [0.05, 0.1) is 11.1 Å². The van der Waals surface area contributed by atoms with E-state index in [1.807, 2.05) is 19.9 Å². The summed E-state index contributed by atoms with van der Waals surface area (Å²) in [6.45, 7) is 3.76. The highest BCUT2D eigenvalue weighted by atomic mass is 16.5. The molecule has 4 nitrogen and oxygen atoms in total. The number of ether oxygens (including phenoxy) is 1. The average Bonchev–Trinajstić information content (AvgIpc) is 2.42. The second kappa shape index (κ2) is 5.57. The van der Waals surface area contributed by atoms with E-state index in [0.29, 0.717) is 5.56 Å². The molecule has 0 bridgehead atoms. The predicted molar refractivity (Wildman–Crippen MR) is 74.3 cm³/mol. The average molecular weight is 270 g/mol. The Labute approximate surface area is 116 Å². The summed E-state index contributed by atoms with van der Waals surface area (Å²) < 4.78 is 5.22. The van der Waals surface area contributed by atoms with Crippen LogP contribution in [0.3, 0.4) is 0 Å². The van der Waals surface area contributed by atoms with Gasteiger partial charge in [0.15, 0.2) is 0 Å². The van der Waals surface area contributed by atoms with Crippen molar-refractivity contribution in [3.05, 3.63) is 64.7 Å². The van der Waals surface area contributed by atoms with Gasteiger partial charge in [0.25, 0.3) is 0 Å². The van der Waals surface area contributed by atoms with Crippen molar-refractivity contribution in [3.63, 3.8) is 0 Å². The van der Waals surface area contributed by atoms with Crippen LogP contribution in [-0.2, 0) is 0 Å². The lowest BCUT2D eigenvalue weighted by Gasteiger charge is -2.09. The lowest BCUT2D eigenvalue weighted by atomic mass is 10.0. The van der Waals surface area contributed by atoms with Crippen molar-refractivity contribution in [2.75, 3.05) is 0 Å². The number of carbonyl (C=O) groups excluding carboxylic acids is 1. The topological polar surface area (TPSA) is 63.6 Å². The number of rotatable bonds is 3. The van der Waals surface area contributed by atoms with Gasteiger partial charge >= 0.3 is 11.9 Å². The minimum atomic E-state index is -1.06. The van der Waals surface area contributed by atoms with Crippen LogP contribution in [0.25, 0.3) is 0 Å². The molecule has 2 rings (SSSR count). The normalized spacial score (nSPS) is 10.1. The van der Waals surface area contributed by atoms with Crippen LogP contribution in [0.4, 0.5) is 0 Å². The Morgan fingerprint density at radius 2 is 1.75 bits per heavy atom. The molecule has 0 unspecified atom stereocenters. The number of carbonyl (C=O) groups is 2. The second-order valence-electron chi connectivity index (χ2n) is 4.47. The minimum absolute atomic E-state index is 0.0799. The Morgan fingerprint density at radius 3 is 2.45 bits per heavy atom. The van der Waals surface area contributed by atoms with E-state index >= 15 is 0 Å². The molecule has 0 radical (unpaired) electrons. The Bertz CT molecular complexity index is 674. The zero-order valence-corrected chi connectivity index (χ0v) is 11.2. The third-order valence-corrected chi connectivity index (χ3v) is 3.12. The molecular weight excluding hydrogens is 256 g/mol. The number of hydrogen-bond donors (Lipinski definition) is 1. The monoisotopic (exact) mass is 270 g/mol. The maximum atomic E-state index is 12.1. The maximum absolute atomic E-state index is 12.1. The molecule has 0 saturated carbocycles. The molecule has 102 valence electrons. The van der Waals surface area contributed by atoms with Gasteiger partial charge in [-0.2, -0.15) is 0 Å². The van der Waals surface area contributed by atoms with Crippen LogP contribution in [0.5, 0.6) is 5.75 Å². The van der Waals surface area contributed by atoms with Gasteiger partial charge in [0.2, 0.25) is 0 Å². The first-order valence-corrected chi connectivity index (χ1v) is 6.11. The molecule has 0 spiro atoms. The molecule has 20 heavy (non-hydrogen) atoms. The molecule has 0 aliphatic heterocycles. The maximum Gasteiger partial charge on any atom is 0.343 e. The summed E-state index contributed by atoms with van der Waals surface area (Å²) in [5.41, 5.74) is 2.41. The van der Waals surface area contributed by atoms with Gasteiger partial charge in [-0.1, -0.05) is 18.2 Å². The van der Waals surface area contributed by atoms with Crippen LogP contribution in [0, 0.1) is 13.8 Å². The highest BCUT2D eigenvalue weighted by molar-refractivity contribution is 5.93. The summed E-state index contributed by atoms with van der Waals surface area (Å²) >= 11 is 0. The van der Waals surface area contributed by atoms with E-state index in [-0.39, 0.29) is 11.3 Å². The fourth-order valence-electron chi connectivity index (χ4n) is 1.83. The molecule has 0 aromatic heterocycles. The SMILES string of the molecule is Cc1cccc(C(=O)Oc2cccc(C(=O)O)c2)c1C. The van der Waals surface area contributed by atoms with E-state index < -0.39 is 11.9 Å². The molecule has 0 aliphatic carbocycles. The molecule has 0 fully saturated rings. The molecule has 0 heterocycles. The van der Waals surface area contributed by atoms with Gasteiger partial charge in [-0.15, -0.1) is 0 Å². The number of esters is 1. The Hall–Kier alpha value is -2.62. The highest BCUT2D eigenvalue weighted by Crippen LogP contribution is 2.18. The van der Waals surface area contributed by atoms with Gasteiger partial charge in [-0.3, -0.25) is 0 Å². The van der Waals surface area contributed by atoms with Crippen LogP contribution in [0.15, 0.2) is 42.5 Å². The van der Waals surface area contributed by atoms with E-state index in [1.165, 1.54) is 18.2 Å². The minimum Gasteiger partial charge on any atom is -0.478 e. The van der Waals surface area contributed by atoms with E-state index in [0.717, 1.165) is 11.1 Å². The first-order valence-electron chi connectivity index (χ1n) is 6.11. The lowest BCUT2D eigenvalue weighted by Crippen LogP contribution is -2.11. The molecular formula is C16H14O4. The summed E-state index contributed by atoms with van der Waals surface area (Å²) in [5, 5.41) is 8.90. The molecule has 2 aromatic rings. The van der Waals surface area contributed by atoms with E-state index in [2.05, 4.69) is 0 Å². The fourth-order valence-corrected chi connectivity index (χ4v) is 1.83. The Morgan fingerprint density at radius 1 is 1.05 bits per heavy atom. The van der Waals surface area contributed by atoms with Crippen molar-refractivity contribution in [2.45, 2.75) is 13.8 Å². The summed E-state index contributed by atoms with van der Waals surface area (Å²) in [4.78, 5) is 23.0. The van der Waals surface area contributed by atoms with Crippen LogP contribution in [-0.4, -0.2) is 17.0 Å².